The van der Waals surface area contributed by atoms with Crippen molar-refractivity contribution in [3.8, 4) is 17.2 Å². The van der Waals surface area contributed by atoms with Gasteiger partial charge in [-0.05, 0) is 24.6 Å². The Labute approximate surface area is 151 Å². The molecule has 0 aliphatic carbocycles. The van der Waals surface area contributed by atoms with Gasteiger partial charge < -0.3 is 19.1 Å². The van der Waals surface area contributed by atoms with Crippen LogP contribution in [0.1, 0.15) is 24.9 Å². The number of carbonyl (C=O) groups is 2. The maximum Gasteiger partial charge on any atom is 0.316 e. The third-order valence-electron chi connectivity index (χ3n) is 4.80. The summed E-state index contributed by atoms with van der Waals surface area (Å²) in [6, 6.07) is 14.7. The number of nitrogens with zero attached hydrogens (tertiary/aromatic N) is 1. The van der Waals surface area contributed by atoms with Crippen LogP contribution in [0, 0.1) is 5.92 Å². The van der Waals surface area contributed by atoms with Crippen LogP contribution in [0.3, 0.4) is 0 Å². The van der Waals surface area contributed by atoms with Gasteiger partial charge >= 0.3 is 5.97 Å². The summed E-state index contributed by atoms with van der Waals surface area (Å²) >= 11 is 0. The van der Waals surface area contributed by atoms with Gasteiger partial charge in [0.1, 0.15) is 5.75 Å². The maximum absolute atomic E-state index is 12.5. The average molecular weight is 353 g/mol. The van der Waals surface area contributed by atoms with Crippen LogP contribution in [0.15, 0.2) is 48.5 Å². The minimum atomic E-state index is -0.473. The van der Waals surface area contributed by atoms with Gasteiger partial charge in [-0.2, -0.15) is 0 Å². The minimum Gasteiger partial charge on any atom is -0.454 e. The largest absolute Gasteiger partial charge is 0.454 e. The smallest absolute Gasteiger partial charge is 0.316 e. The van der Waals surface area contributed by atoms with Gasteiger partial charge in [0.05, 0.1) is 12.0 Å². The molecule has 0 bridgehead atoms. The van der Waals surface area contributed by atoms with E-state index < -0.39 is 11.9 Å². The second-order valence-electron chi connectivity index (χ2n) is 6.47. The monoisotopic (exact) mass is 353 g/mol. The zero-order chi connectivity index (χ0) is 18.1. The van der Waals surface area contributed by atoms with E-state index in [1.54, 1.807) is 23.1 Å². The summed E-state index contributed by atoms with van der Waals surface area (Å²) in [6.45, 7) is 2.49. The molecule has 6 nitrogen and oxygen atoms in total. The highest BCUT2D eigenvalue weighted by atomic mass is 16.7. The van der Waals surface area contributed by atoms with Crippen LogP contribution in [0.4, 0.5) is 0 Å². The molecule has 0 saturated carbocycles. The third kappa shape index (κ3) is 3.10. The summed E-state index contributed by atoms with van der Waals surface area (Å²) in [4.78, 5) is 26.6. The van der Waals surface area contributed by atoms with Crippen LogP contribution in [0.25, 0.3) is 0 Å². The molecule has 0 N–H and O–H groups in total. The van der Waals surface area contributed by atoms with Crippen molar-refractivity contribution < 1.29 is 23.8 Å². The van der Waals surface area contributed by atoms with Gasteiger partial charge in [0.15, 0.2) is 11.5 Å². The lowest BCUT2D eigenvalue weighted by molar-refractivity contribution is -0.139. The molecule has 0 aromatic heterocycles. The van der Waals surface area contributed by atoms with Crippen molar-refractivity contribution in [2.45, 2.75) is 19.4 Å². The molecule has 1 saturated heterocycles. The van der Waals surface area contributed by atoms with Crippen molar-refractivity contribution in [3.63, 3.8) is 0 Å². The first-order valence-electron chi connectivity index (χ1n) is 8.57. The molecule has 2 aliphatic rings. The van der Waals surface area contributed by atoms with Crippen LogP contribution < -0.4 is 14.2 Å². The second kappa shape index (κ2) is 6.71. The van der Waals surface area contributed by atoms with Crippen LogP contribution in [0.5, 0.6) is 17.2 Å². The van der Waals surface area contributed by atoms with E-state index in [0.717, 1.165) is 5.56 Å². The lowest BCUT2D eigenvalue weighted by Gasteiger charge is -2.25. The quantitative estimate of drug-likeness (QED) is 0.625. The number of hydrogen-bond donors (Lipinski definition) is 0. The molecule has 26 heavy (non-hydrogen) atoms. The predicted molar refractivity (Wildman–Crippen MR) is 92.9 cm³/mol. The lowest BCUT2D eigenvalue weighted by atomic mass is 10.1. The highest BCUT2D eigenvalue weighted by Crippen LogP contribution is 2.36. The normalized spacial score (nSPS) is 19.5. The Morgan fingerprint density at radius 3 is 2.73 bits per heavy atom. The van der Waals surface area contributed by atoms with E-state index in [2.05, 4.69) is 0 Å². The maximum atomic E-state index is 12.5. The zero-order valence-electron chi connectivity index (χ0n) is 14.4. The Morgan fingerprint density at radius 1 is 1.15 bits per heavy atom. The summed E-state index contributed by atoms with van der Waals surface area (Å²) < 4.78 is 16.0. The molecule has 4 rings (SSSR count). The van der Waals surface area contributed by atoms with Gasteiger partial charge in [-0.1, -0.05) is 30.3 Å². The number of rotatable bonds is 4. The van der Waals surface area contributed by atoms with E-state index in [4.69, 9.17) is 14.2 Å². The van der Waals surface area contributed by atoms with E-state index >= 15 is 0 Å². The average Bonchev–Trinajstić information content (AvgIpc) is 3.28. The van der Waals surface area contributed by atoms with Gasteiger partial charge in [-0.3, -0.25) is 9.59 Å². The SMILES string of the molecule is C[C@@H](c1ccccc1)N1C[C@H](C(=O)Oc2ccc3c(c2)OCO3)CC1=O. The first kappa shape index (κ1) is 16.4. The number of likely N-dealkylation sites (tertiary alicyclic amines) is 1. The van der Waals surface area contributed by atoms with Crippen LogP contribution in [-0.2, 0) is 9.59 Å². The fourth-order valence-electron chi connectivity index (χ4n) is 3.32. The van der Waals surface area contributed by atoms with E-state index in [0.29, 0.717) is 23.8 Å². The van der Waals surface area contributed by atoms with Crippen molar-refractivity contribution in [3.05, 3.63) is 54.1 Å². The van der Waals surface area contributed by atoms with Crippen LogP contribution >= 0.6 is 0 Å². The summed E-state index contributed by atoms with van der Waals surface area (Å²) in [6.07, 6.45) is 0.167. The highest BCUT2D eigenvalue weighted by Gasteiger charge is 2.38. The van der Waals surface area contributed by atoms with E-state index in [1.807, 2.05) is 37.3 Å². The number of amides is 1. The Morgan fingerprint density at radius 2 is 1.92 bits per heavy atom. The van der Waals surface area contributed by atoms with Gasteiger partial charge in [-0.25, -0.2) is 0 Å². The van der Waals surface area contributed by atoms with E-state index in [9.17, 15) is 9.59 Å². The fraction of sp³-hybridized carbons (Fsp3) is 0.300. The van der Waals surface area contributed by atoms with Gasteiger partial charge in [0.25, 0.3) is 0 Å². The Kier molecular flexibility index (Phi) is 4.24. The van der Waals surface area contributed by atoms with E-state index in [-0.39, 0.29) is 25.2 Å². The number of benzene rings is 2. The Hall–Kier alpha value is -3.02. The first-order valence-corrected chi connectivity index (χ1v) is 8.57. The van der Waals surface area contributed by atoms with Crippen LogP contribution in [-0.4, -0.2) is 30.1 Å². The standard InChI is InChI=1S/C20H19NO5/c1-13(14-5-3-2-4-6-14)21-11-15(9-19(21)22)20(23)26-16-7-8-17-18(10-16)25-12-24-17/h2-8,10,13,15H,9,11-12H2,1H3/t13-,15+/m0/s1. The molecule has 2 atom stereocenters. The summed E-state index contributed by atoms with van der Waals surface area (Å²) in [7, 11) is 0. The third-order valence-corrected chi connectivity index (χ3v) is 4.80. The van der Waals surface area contributed by atoms with Gasteiger partial charge in [-0.15, -0.1) is 0 Å². The molecule has 0 radical (unpaired) electrons. The first-order chi connectivity index (χ1) is 12.6. The van der Waals surface area contributed by atoms with Crippen molar-refractivity contribution in [1.82, 2.24) is 4.90 Å². The molecule has 0 spiro atoms. The number of carbonyl (C=O) groups excluding carboxylic acids is 2. The molecule has 1 amide bonds. The van der Waals surface area contributed by atoms with Crippen molar-refractivity contribution >= 4 is 11.9 Å². The van der Waals surface area contributed by atoms with E-state index in [1.165, 1.54) is 0 Å². The molecule has 0 unspecified atom stereocenters. The zero-order valence-corrected chi connectivity index (χ0v) is 14.4. The van der Waals surface area contributed by atoms with Crippen LogP contribution in [0.2, 0.25) is 0 Å². The molecular formula is C20H19NO5. The number of hydrogen-bond acceptors (Lipinski definition) is 5. The highest BCUT2D eigenvalue weighted by molar-refractivity contribution is 5.88. The number of ether oxygens (including phenoxy) is 3. The number of fused-ring (bicyclic) bond motifs is 1. The molecule has 6 heteroatoms. The molecule has 2 aliphatic heterocycles. The Bertz CT molecular complexity index is 835. The minimum absolute atomic E-state index is 0.0333. The molecule has 2 aromatic rings. The van der Waals surface area contributed by atoms with Crippen molar-refractivity contribution in [1.29, 1.82) is 0 Å². The molecule has 2 aromatic carbocycles. The molecular weight excluding hydrogens is 334 g/mol. The van der Waals surface area contributed by atoms with Gasteiger partial charge in [0, 0.05) is 19.0 Å². The molecule has 134 valence electrons. The summed E-state index contributed by atoms with van der Waals surface area (Å²) in [5.74, 6) is 0.662. The Balaban J connectivity index is 1.42. The van der Waals surface area contributed by atoms with Crippen molar-refractivity contribution in [2.24, 2.45) is 5.92 Å². The summed E-state index contributed by atoms with van der Waals surface area (Å²) in [5, 5.41) is 0. The van der Waals surface area contributed by atoms with Gasteiger partial charge in [0.2, 0.25) is 12.7 Å². The fourth-order valence-corrected chi connectivity index (χ4v) is 3.32. The predicted octanol–water partition coefficient (Wildman–Crippen LogP) is 2.93. The topological polar surface area (TPSA) is 65.1 Å². The summed E-state index contributed by atoms with van der Waals surface area (Å²) in [5.41, 5.74) is 1.05. The molecule has 1 fully saturated rings. The second-order valence-corrected chi connectivity index (χ2v) is 6.47. The lowest BCUT2D eigenvalue weighted by Crippen LogP contribution is -2.30. The molecule has 2 heterocycles. The van der Waals surface area contributed by atoms with Crippen molar-refractivity contribution in [2.75, 3.05) is 13.3 Å². The number of esters is 1.